The SMILES string of the molecule is Cc1cc(C)cc(C(=O)C2CCCCCN2)c1. The van der Waals surface area contributed by atoms with Crippen LogP contribution >= 0.6 is 0 Å². The Hall–Kier alpha value is -1.15. The number of carbonyl (C=O) groups is 1. The summed E-state index contributed by atoms with van der Waals surface area (Å²) in [5.74, 6) is 0.263. The van der Waals surface area contributed by atoms with Crippen LogP contribution in [0.1, 0.15) is 47.2 Å². The molecule has 1 unspecified atom stereocenters. The fourth-order valence-corrected chi connectivity index (χ4v) is 2.57. The highest BCUT2D eigenvalue weighted by atomic mass is 16.1. The zero-order valence-electron chi connectivity index (χ0n) is 10.8. The van der Waals surface area contributed by atoms with Crippen molar-refractivity contribution in [3.05, 3.63) is 34.9 Å². The minimum atomic E-state index is 0.0266. The summed E-state index contributed by atoms with van der Waals surface area (Å²) in [7, 11) is 0. The van der Waals surface area contributed by atoms with Gasteiger partial charge in [-0.1, -0.05) is 30.0 Å². The van der Waals surface area contributed by atoms with E-state index in [-0.39, 0.29) is 11.8 Å². The molecule has 1 aliphatic rings. The molecule has 0 aromatic heterocycles. The normalized spacial score (nSPS) is 20.9. The van der Waals surface area contributed by atoms with Crippen LogP contribution in [0.15, 0.2) is 18.2 Å². The van der Waals surface area contributed by atoms with Gasteiger partial charge in [-0.2, -0.15) is 0 Å². The maximum atomic E-state index is 12.4. The van der Waals surface area contributed by atoms with Gasteiger partial charge in [0.25, 0.3) is 0 Å². The molecular formula is C15H21NO. The molecule has 0 saturated carbocycles. The van der Waals surface area contributed by atoms with Crippen LogP contribution < -0.4 is 5.32 Å². The summed E-state index contributed by atoms with van der Waals surface area (Å²) >= 11 is 0. The number of hydrogen-bond acceptors (Lipinski definition) is 2. The van der Waals surface area contributed by atoms with Gasteiger partial charge >= 0.3 is 0 Å². The molecule has 1 N–H and O–H groups in total. The first-order valence-corrected chi connectivity index (χ1v) is 6.53. The van der Waals surface area contributed by atoms with Crippen LogP contribution in [0, 0.1) is 13.8 Å². The lowest BCUT2D eigenvalue weighted by Crippen LogP contribution is -2.36. The van der Waals surface area contributed by atoms with Gasteiger partial charge in [-0.05, 0) is 45.4 Å². The molecule has 0 spiro atoms. The van der Waals surface area contributed by atoms with Crippen molar-refractivity contribution < 1.29 is 4.79 Å². The number of nitrogens with one attached hydrogen (secondary N) is 1. The number of aryl methyl sites for hydroxylation is 2. The highest BCUT2D eigenvalue weighted by Crippen LogP contribution is 2.16. The molecule has 2 rings (SSSR count). The Labute approximate surface area is 103 Å². The first-order valence-electron chi connectivity index (χ1n) is 6.53. The van der Waals surface area contributed by atoms with Gasteiger partial charge in [-0.15, -0.1) is 0 Å². The molecule has 2 heteroatoms. The van der Waals surface area contributed by atoms with E-state index in [2.05, 4.69) is 11.4 Å². The fraction of sp³-hybridized carbons (Fsp3) is 0.533. The molecule has 1 fully saturated rings. The van der Waals surface area contributed by atoms with E-state index in [1.807, 2.05) is 26.0 Å². The van der Waals surface area contributed by atoms with E-state index in [0.29, 0.717) is 0 Å². The zero-order valence-corrected chi connectivity index (χ0v) is 10.8. The third-order valence-corrected chi connectivity index (χ3v) is 3.38. The predicted molar refractivity (Wildman–Crippen MR) is 70.5 cm³/mol. The Balaban J connectivity index is 2.17. The highest BCUT2D eigenvalue weighted by Gasteiger charge is 2.20. The van der Waals surface area contributed by atoms with E-state index in [1.54, 1.807) is 0 Å². The van der Waals surface area contributed by atoms with Crippen molar-refractivity contribution in [3.63, 3.8) is 0 Å². The van der Waals surface area contributed by atoms with Gasteiger partial charge in [0, 0.05) is 5.56 Å². The second-order valence-corrected chi connectivity index (χ2v) is 5.10. The lowest BCUT2D eigenvalue weighted by Gasteiger charge is -2.15. The number of Topliss-reactive ketones (excluding diaryl/α,β-unsaturated/α-hetero) is 1. The van der Waals surface area contributed by atoms with Gasteiger partial charge in [-0.25, -0.2) is 0 Å². The van der Waals surface area contributed by atoms with Crippen molar-refractivity contribution in [2.45, 2.75) is 45.6 Å². The molecule has 0 amide bonds. The number of ketones is 1. The smallest absolute Gasteiger partial charge is 0.179 e. The number of benzene rings is 1. The quantitative estimate of drug-likeness (QED) is 0.793. The molecule has 1 heterocycles. The summed E-state index contributed by atoms with van der Waals surface area (Å²) < 4.78 is 0. The lowest BCUT2D eigenvalue weighted by atomic mass is 9.97. The summed E-state index contributed by atoms with van der Waals surface area (Å²) in [5, 5.41) is 3.37. The van der Waals surface area contributed by atoms with E-state index < -0.39 is 0 Å². The summed E-state index contributed by atoms with van der Waals surface area (Å²) in [6.07, 6.45) is 4.57. The monoisotopic (exact) mass is 231 g/mol. The zero-order chi connectivity index (χ0) is 12.3. The van der Waals surface area contributed by atoms with Crippen molar-refractivity contribution in [1.29, 1.82) is 0 Å². The van der Waals surface area contributed by atoms with Gasteiger partial charge in [0.05, 0.1) is 6.04 Å². The molecule has 2 nitrogen and oxygen atoms in total. The Kier molecular flexibility index (Phi) is 3.95. The maximum absolute atomic E-state index is 12.4. The number of hydrogen-bond donors (Lipinski definition) is 1. The Morgan fingerprint density at radius 3 is 2.53 bits per heavy atom. The molecule has 1 aromatic carbocycles. The highest BCUT2D eigenvalue weighted by molar-refractivity contribution is 6.00. The molecule has 1 saturated heterocycles. The Morgan fingerprint density at radius 2 is 1.82 bits per heavy atom. The largest absolute Gasteiger partial charge is 0.307 e. The third kappa shape index (κ3) is 3.16. The minimum absolute atomic E-state index is 0.0266. The second kappa shape index (κ2) is 5.46. The Morgan fingerprint density at radius 1 is 1.12 bits per heavy atom. The third-order valence-electron chi connectivity index (χ3n) is 3.38. The standard InChI is InChI=1S/C15H21NO/c1-11-8-12(2)10-13(9-11)15(17)14-6-4-3-5-7-16-14/h8-10,14,16H,3-7H2,1-2H3. The molecule has 17 heavy (non-hydrogen) atoms. The molecular weight excluding hydrogens is 210 g/mol. The van der Waals surface area contributed by atoms with Crippen LogP contribution in [-0.2, 0) is 0 Å². The summed E-state index contributed by atoms with van der Waals surface area (Å²) in [4.78, 5) is 12.4. The van der Waals surface area contributed by atoms with Gasteiger partial charge in [0.1, 0.15) is 0 Å². The average Bonchev–Trinajstić information content (AvgIpc) is 2.55. The van der Waals surface area contributed by atoms with E-state index >= 15 is 0 Å². The van der Waals surface area contributed by atoms with Crippen LogP contribution in [0.2, 0.25) is 0 Å². The summed E-state index contributed by atoms with van der Waals surface area (Å²) in [6.45, 7) is 5.07. The first-order chi connectivity index (χ1) is 8.16. The van der Waals surface area contributed by atoms with E-state index in [1.165, 1.54) is 24.0 Å². The molecule has 0 bridgehead atoms. The average molecular weight is 231 g/mol. The van der Waals surface area contributed by atoms with Crippen molar-refractivity contribution >= 4 is 5.78 Å². The van der Waals surface area contributed by atoms with E-state index in [4.69, 9.17) is 0 Å². The lowest BCUT2D eigenvalue weighted by molar-refractivity contribution is 0.0940. The van der Waals surface area contributed by atoms with Crippen LogP contribution in [0.25, 0.3) is 0 Å². The number of rotatable bonds is 2. The predicted octanol–water partition coefficient (Wildman–Crippen LogP) is 3.02. The number of carbonyl (C=O) groups excluding carboxylic acids is 1. The van der Waals surface area contributed by atoms with E-state index in [9.17, 15) is 4.79 Å². The molecule has 1 aliphatic heterocycles. The van der Waals surface area contributed by atoms with Crippen molar-refractivity contribution in [2.75, 3.05) is 6.54 Å². The fourth-order valence-electron chi connectivity index (χ4n) is 2.57. The molecule has 1 aromatic rings. The van der Waals surface area contributed by atoms with Gasteiger partial charge in [0.2, 0.25) is 0 Å². The van der Waals surface area contributed by atoms with Crippen molar-refractivity contribution in [3.8, 4) is 0 Å². The second-order valence-electron chi connectivity index (χ2n) is 5.10. The summed E-state index contributed by atoms with van der Waals surface area (Å²) in [6, 6.07) is 6.14. The van der Waals surface area contributed by atoms with Gasteiger partial charge in [0.15, 0.2) is 5.78 Å². The molecule has 0 radical (unpaired) electrons. The van der Waals surface area contributed by atoms with Crippen LogP contribution in [0.3, 0.4) is 0 Å². The van der Waals surface area contributed by atoms with Crippen molar-refractivity contribution in [2.24, 2.45) is 0 Å². The Bertz CT molecular complexity index is 383. The molecule has 92 valence electrons. The van der Waals surface area contributed by atoms with Crippen LogP contribution in [0.4, 0.5) is 0 Å². The van der Waals surface area contributed by atoms with E-state index in [0.717, 1.165) is 24.9 Å². The summed E-state index contributed by atoms with van der Waals surface area (Å²) in [5.41, 5.74) is 3.20. The van der Waals surface area contributed by atoms with Crippen molar-refractivity contribution in [1.82, 2.24) is 5.32 Å². The van der Waals surface area contributed by atoms with Gasteiger partial charge in [-0.3, -0.25) is 4.79 Å². The maximum Gasteiger partial charge on any atom is 0.179 e. The topological polar surface area (TPSA) is 29.1 Å². The van der Waals surface area contributed by atoms with Crippen LogP contribution in [0.5, 0.6) is 0 Å². The van der Waals surface area contributed by atoms with Gasteiger partial charge < -0.3 is 5.32 Å². The van der Waals surface area contributed by atoms with Crippen LogP contribution in [-0.4, -0.2) is 18.4 Å². The minimum Gasteiger partial charge on any atom is -0.307 e. The first kappa shape index (κ1) is 12.3. The molecule has 1 atom stereocenters. The molecule has 0 aliphatic carbocycles.